The van der Waals surface area contributed by atoms with Crippen LogP contribution in [0.4, 0.5) is 13.2 Å². The summed E-state index contributed by atoms with van der Waals surface area (Å²) >= 11 is 0. The second-order valence-electron chi connectivity index (χ2n) is 5.70. The second kappa shape index (κ2) is 7.47. The van der Waals surface area contributed by atoms with Crippen LogP contribution in [-0.4, -0.2) is 5.78 Å². The summed E-state index contributed by atoms with van der Waals surface area (Å²) in [5.74, 6) is -0.120. The third-order valence-electron chi connectivity index (χ3n) is 3.87. The molecule has 0 N–H and O–H groups in total. The smallest absolute Gasteiger partial charge is 0.299 e. The number of allylic oxidation sites excluding steroid dienone is 1. The molecule has 2 aromatic rings. The minimum atomic E-state index is -4.40. The monoisotopic (exact) mass is 332 g/mol. The van der Waals surface area contributed by atoms with Crippen LogP contribution in [0.1, 0.15) is 35.6 Å². The summed E-state index contributed by atoms with van der Waals surface area (Å²) < 4.78 is 38.2. The van der Waals surface area contributed by atoms with E-state index >= 15 is 0 Å². The van der Waals surface area contributed by atoms with Crippen LogP contribution in [0.5, 0.6) is 0 Å². The molecular weight excluding hydrogens is 313 g/mol. The van der Waals surface area contributed by atoms with Gasteiger partial charge in [-0.05, 0) is 34.8 Å². The Morgan fingerprint density at radius 2 is 1.75 bits per heavy atom. The van der Waals surface area contributed by atoms with E-state index in [1.54, 1.807) is 6.07 Å². The lowest BCUT2D eigenvalue weighted by molar-refractivity contribution is -0.137. The molecule has 0 fully saturated rings. The molecule has 0 heterocycles. The molecule has 24 heavy (non-hydrogen) atoms. The Hall–Kier alpha value is -2.36. The summed E-state index contributed by atoms with van der Waals surface area (Å²) in [5, 5.41) is 0. The molecule has 1 nitrogen and oxygen atoms in total. The minimum Gasteiger partial charge on any atom is -0.299 e. The van der Waals surface area contributed by atoms with E-state index in [0.717, 1.165) is 35.3 Å². The Bertz CT molecular complexity index is 745. The van der Waals surface area contributed by atoms with Crippen molar-refractivity contribution in [3.05, 3.63) is 77.4 Å². The Morgan fingerprint density at radius 1 is 1.04 bits per heavy atom. The summed E-state index contributed by atoms with van der Waals surface area (Å²) in [4.78, 5) is 12.3. The van der Waals surface area contributed by atoms with Gasteiger partial charge in [0.2, 0.25) is 0 Å². The first-order valence-electron chi connectivity index (χ1n) is 7.75. The third-order valence-corrected chi connectivity index (χ3v) is 3.87. The van der Waals surface area contributed by atoms with Gasteiger partial charge in [-0.3, -0.25) is 4.79 Å². The normalized spacial score (nSPS) is 11.3. The molecule has 0 aromatic heterocycles. The zero-order valence-electron chi connectivity index (χ0n) is 13.5. The molecule has 0 saturated heterocycles. The van der Waals surface area contributed by atoms with Gasteiger partial charge in [-0.2, -0.15) is 13.2 Å². The van der Waals surface area contributed by atoms with Crippen molar-refractivity contribution in [2.24, 2.45) is 0 Å². The Morgan fingerprint density at radius 3 is 2.42 bits per heavy atom. The molecule has 2 aromatic carbocycles. The maximum atomic E-state index is 12.7. The van der Waals surface area contributed by atoms with Gasteiger partial charge in [-0.25, -0.2) is 0 Å². The Labute approximate surface area is 139 Å². The molecule has 0 aliphatic rings. The highest BCUT2D eigenvalue weighted by Crippen LogP contribution is 2.29. The number of hydrogen-bond acceptors (Lipinski definition) is 1. The summed E-state index contributed by atoms with van der Waals surface area (Å²) in [6, 6.07) is 12.4. The van der Waals surface area contributed by atoms with Crippen molar-refractivity contribution in [3.8, 4) is 0 Å². The maximum absolute atomic E-state index is 12.7. The van der Waals surface area contributed by atoms with Gasteiger partial charge in [-0.15, -0.1) is 0 Å². The molecule has 0 aliphatic heterocycles. The second-order valence-corrected chi connectivity index (χ2v) is 5.70. The zero-order chi connectivity index (χ0) is 17.7. The lowest BCUT2D eigenvalue weighted by atomic mass is 9.94. The van der Waals surface area contributed by atoms with Crippen molar-refractivity contribution >= 4 is 11.4 Å². The van der Waals surface area contributed by atoms with Crippen molar-refractivity contribution in [1.29, 1.82) is 0 Å². The average molecular weight is 332 g/mol. The number of rotatable bonds is 6. The van der Waals surface area contributed by atoms with Gasteiger partial charge in [0, 0.05) is 12.8 Å². The Kier molecular flexibility index (Phi) is 5.60. The van der Waals surface area contributed by atoms with E-state index in [2.05, 4.69) is 6.58 Å². The molecular formula is C20H19F3O. The van der Waals surface area contributed by atoms with Crippen molar-refractivity contribution in [2.75, 3.05) is 0 Å². The fourth-order valence-electron chi connectivity index (χ4n) is 2.57. The Balaban J connectivity index is 2.14. The van der Waals surface area contributed by atoms with E-state index < -0.39 is 11.7 Å². The molecule has 0 saturated carbocycles. The highest BCUT2D eigenvalue weighted by Gasteiger charge is 2.30. The quantitative estimate of drug-likeness (QED) is 0.684. The topological polar surface area (TPSA) is 17.1 Å². The van der Waals surface area contributed by atoms with Crippen LogP contribution in [0, 0.1) is 0 Å². The predicted molar refractivity (Wildman–Crippen MR) is 89.6 cm³/mol. The van der Waals surface area contributed by atoms with Crippen LogP contribution >= 0.6 is 0 Å². The van der Waals surface area contributed by atoms with E-state index in [0.29, 0.717) is 5.56 Å². The van der Waals surface area contributed by atoms with Crippen LogP contribution in [-0.2, 0) is 23.8 Å². The fourth-order valence-corrected chi connectivity index (χ4v) is 2.57. The summed E-state index contributed by atoms with van der Waals surface area (Å²) in [5.41, 5.74) is 2.39. The fraction of sp³-hybridized carbons (Fsp3) is 0.250. The van der Waals surface area contributed by atoms with Crippen molar-refractivity contribution in [1.82, 2.24) is 0 Å². The third kappa shape index (κ3) is 4.57. The molecule has 0 aliphatic carbocycles. The number of halogens is 3. The molecule has 0 radical (unpaired) electrons. The molecule has 0 unspecified atom stereocenters. The van der Waals surface area contributed by atoms with Gasteiger partial charge in [0.05, 0.1) is 5.56 Å². The van der Waals surface area contributed by atoms with E-state index in [-0.39, 0.29) is 18.6 Å². The van der Waals surface area contributed by atoms with Crippen LogP contribution in [0.2, 0.25) is 0 Å². The number of ketones is 1. The minimum absolute atomic E-state index is 0.0170. The lowest BCUT2D eigenvalue weighted by Gasteiger charge is -2.11. The predicted octanol–water partition coefficient (Wildman–Crippen LogP) is 5.48. The van der Waals surface area contributed by atoms with Crippen LogP contribution in [0.3, 0.4) is 0 Å². The van der Waals surface area contributed by atoms with Gasteiger partial charge >= 0.3 is 6.18 Å². The zero-order valence-corrected chi connectivity index (χ0v) is 13.5. The average Bonchev–Trinajstić information content (AvgIpc) is 2.54. The van der Waals surface area contributed by atoms with Gasteiger partial charge in [0.1, 0.15) is 5.78 Å². The lowest BCUT2D eigenvalue weighted by Crippen LogP contribution is -2.10. The first-order chi connectivity index (χ1) is 11.3. The van der Waals surface area contributed by atoms with Gasteiger partial charge in [-0.1, -0.05) is 56.0 Å². The maximum Gasteiger partial charge on any atom is 0.416 e. The summed E-state index contributed by atoms with van der Waals surface area (Å²) in [6.07, 6.45) is -3.45. The first kappa shape index (κ1) is 18.0. The molecule has 0 atom stereocenters. The number of Topliss-reactive ketones (excluding diaryl/α,β-unsaturated/α-hetero) is 1. The van der Waals surface area contributed by atoms with E-state index in [1.165, 1.54) is 6.07 Å². The van der Waals surface area contributed by atoms with Crippen molar-refractivity contribution in [3.63, 3.8) is 0 Å². The van der Waals surface area contributed by atoms with Crippen molar-refractivity contribution in [2.45, 2.75) is 32.4 Å². The van der Waals surface area contributed by atoms with Crippen LogP contribution < -0.4 is 0 Å². The van der Waals surface area contributed by atoms with E-state index in [9.17, 15) is 18.0 Å². The molecule has 126 valence electrons. The highest BCUT2D eigenvalue weighted by atomic mass is 19.4. The molecule has 2 rings (SSSR count). The summed E-state index contributed by atoms with van der Waals surface area (Å²) in [6.45, 7) is 5.99. The van der Waals surface area contributed by atoms with Crippen LogP contribution in [0.15, 0.2) is 55.1 Å². The number of carbonyl (C=O) groups excluding carboxylic acids is 1. The number of carbonyl (C=O) groups is 1. The van der Waals surface area contributed by atoms with Crippen molar-refractivity contribution < 1.29 is 18.0 Å². The number of alkyl halides is 3. The van der Waals surface area contributed by atoms with Crippen LogP contribution in [0.25, 0.3) is 5.57 Å². The first-order valence-corrected chi connectivity index (χ1v) is 7.75. The molecule has 4 heteroatoms. The number of hydrogen-bond donors (Lipinski definition) is 0. The van der Waals surface area contributed by atoms with E-state index in [1.807, 2.05) is 31.2 Å². The highest BCUT2D eigenvalue weighted by molar-refractivity contribution is 5.84. The largest absolute Gasteiger partial charge is 0.416 e. The van der Waals surface area contributed by atoms with E-state index in [4.69, 9.17) is 0 Å². The summed E-state index contributed by atoms with van der Waals surface area (Å²) in [7, 11) is 0. The van der Waals surface area contributed by atoms with Gasteiger partial charge in [0.25, 0.3) is 0 Å². The standard InChI is InChI=1S/C20H19F3O/c1-3-14(2)19-10-5-4-8-16(19)13-18(24)12-15-7-6-9-17(11-15)20(21,22)23/h4-11H,2-3,12-13H2,1H3. The van der Waals surface area contributed by atoms with Gasteiger partial charge in [0.15, 0.2) is 0 Å². The van der Waals surface area contributed by atoms with Gasteiger partial charge < -0.3 is 0 Å². The molecule has 0 amide bonds. The number of benzene rings is 2. The SMILES string of the molecule is C=C(CC)c1ccccc1CC(=O)Cc1cccc(C(F)(F)F)c1. The molecule has 0 bridgehead atoms. The molecule has 0 spiro atoms.